The Bertz CT molecular complexity index is 1380. The monoisotopic (exact) mass is 516 g/mol. The summed E-state index contributed by atoms with van der Waals surface area (Å²) in [6.07, 6.45) is 0. The number of hydrogen-bond acceptors (Lipinski definition) is 8. The molecule has 2 N–H and O–H groups in total. The second kappa shape index (κ2) is 10.3. The molecule has 10 nitrogen and oxygen atoms in total. The minimum Gasteiger partial charge on any atom is -0.497 e. The number of methoxy groups -OCH3 is 2. The smallest absolute Gasteiger partial charge is 0.326 e. The summed E-state index contributed by atoms with van der Waals surface area (Å²) in [4.78, 5) is 16.1. The van der Waals surface area contributed by atoms with E-state index in [1.165, 1.54) is 19.2 Å². The van der Waals surface area contributed by atoms with Gasteiger partial charge in [0.1, 0.15) is 36.2 Å². The van der Waals surface area contributed by atoms with E-state index in [0.29, 0.717) is 27.3 Å². The number of amides is 1. The maximum Gasteiger partial charge on any atom is 0.326 e. The van der Waals surface area contributed by atoms with Crippen molar-refractivity contribution < 1.29 is 31.8 Å². The first-order valence-corrected chi connectivity index (χ1v) is 12.3. The van der Waals surface area contributed by atoms with Crippen molar-refractivity contribution in [2.75, 3.05) is 30.4 Å². The molecule has 1 aliphatic rings. The van der Waals surface area contributed by atoms with Gasteiger partial charge in [-0.25, -0.2) is 13.4 Å². The Hall–Kier alpha value is -4.06. The lowest BCUT2D eigenvalue weighted by atomic mass is 10.1. The fraction of sp³-hybridized carbons (Fsp3) is 0.250. The van der Waals surface area contributed by atoms with Gasteiger partial charge in [0.2, 0.25) is 5.88 Å². The fourth-order valence-corrected chi connectivity index (χ4v) is 4.80. The van der Waals surface area contributed by atoms with Gasteiger partial charge in [-0.2, -0.15) is 13.4 Å². The third-order valence-electron chi connectivity index (χ3n) is 5.34. The van der Waals surface area contributed by atoms with Crippen molar-refractivity contribution in [2.45, 2.75) is 20.1 Å². The van der Waals surface area contributed by atoms with Crippen molar-refractivity contribution in [3.8, 4) is 17.4 Å². The molecule has 1 amide bonds. The van der Waals surface area contributed by atoms with Crippen LogP contribution in [0.15, 0.2) is 48.5 Å². The lowest BCUT2D eigenvalue weighted by molar-refractivity contribution is -0.117. The predicted octanol–water partition coefficient (Wildman–Crippen LogP) is 2.92. The number of rotatable bonds is 9. The zero-order valence-corrected chi connectivity index (χ0v) is 20.7. The molecule has 1 fully saturated rings. The summed E-state index contributed by atoms with van der Waals surface area (Å²) in [7, 11) is -1.19. The van der Waals surface area contributed by atoms with Crippen LogP contribution in [-0.4, -0.2) is 40.1 Å². The highest BCUT2D eigenvalue weighted by Crippen LogP contribution is 2.36. The molecule has 190 valence electrons. The molecule has 1 aromatic heterocycles. The van der Waals surface area contributed by atoms with E-state index in [4.69, 9.17) is 14.2 Å². The molecule has 4 rings (SSSR count). The van der Waals surface area contributed by atoms with Crippen LogP contribution in [0.4, 0.5) is 15.9 Å². The maximum absolute atomic E-state index is 15.4. The molecule has 36 heavy (non-hydrogen) atoms. The summed E-state index contributed by atoms with van der Waals surface area (Å²) in [6.45, 7) is 1.53. The van der Waals surface area contributed by atoms with Crippen LogP contribution in [-0.2, 0) is 28.2 Å². The molecule has 0 spiro atoms. The number of carbonyl (C=O) groups is 1. The van der Waals surface area contributed by atoms with Crippen LogP contribution in [0.2, 0.25) is 0 Å². The molecular weight excluding hydrogens is 491 g/mol. The number of pyridine rings is 1. The first-order valence-electron chi connectivity index (χ1n) is 10.9. The first-order chi connectivity index (χ1) is 17.2. The van der Waals surface area contributed by atoms with Gasteiger partial charge in [-0.05, 0) is 53.9 Å². The van der Waals surface area contributed by atoms with Crippen molar-refractivity contribution in [1.82, 2.24) is 9.71 Å². The number of aromatic nitrogens is 1. The second-order valence-corrected chi connectivity index (χ2v) is 9.62. The van der Waals surface area contributed by atoms with E-state index in [-0.39, 0.29) is 24.6 Å². The average Bonchev–Trinajstić information content (AvgIpc) is 3.12. The van der Waals surface area contributed by atoms with Crippen LogP contribution in [0.25, 0.3) is 0 Å². The maximum atomic E-state index is 15.4. The lowest BCUT2D eigenvalue weighted by Gasteiger charge is -2.21. The Balaban J connectivity index is 1.64. The highest BCUT2D eigenvalue weighted by molar-refractivity contribution is 7.92. The highest BCUT2D eigenvalue weighted by Gasteiger charge is 2.37. The third-order valence-corrected chi connectivity index (χ3v) is 6.72. The van der Waals surface area contributed by atoms with E-state index in [9.17, 15) is 13.2 Å². The van der Waals surface area contributed by atoms with Crippen molar-refractivity contribution in [3.63, 3.8) is 0 Å². The van der Waals surface area contributed by atoms with Crippen LogP contribution in [0.1, 0.15) is 16.7 Å². The summed E-state index contributed by atoms with van der Waals surface area (Å²) in [5.41, 5.74) is 1.80. The molecule has 3 aromatic rings. The largest absolute Gasteiger partial charge is 0.497 e. The van der Waals surface area contributed by atoms with E-state index in [2.05, 4.69) is 10.3 Å². The number of benzene rings is 2. The summed E-state index contributed by atoms with van der Waals surface area (Å²) >= 11 is 0. The van der Waals surface area contributed by atoms with Crippen LogP contribution < -0.4 is 28.6 Å². The molecule has 12 heteroatoms. The van der Waals surface area contributed by atoms with E-state index >= 15 is 4.39 Å². The molecule has 0 unspecified atom stereocenters. The number of aryl methyl sites for hydroxylation is 1. The number of halogens is 1. The number of anilines is 2. The normalized spacial score (nSPS) is 14.3. The summed E-state index contributed by atoms with van der Waals surface area (Å²) in [5.74, 6) is -0.0346. The number of nitrogens with one attached hydrogen (secondary N) is 2. The number of hydrogen-bond donors (Lipinski definition) is 2. The molecule has 1 aliphatic heterocycles. The average molecular weight is 517 g/mol. The van der Waals surface area contributed by atoms with Crippen LogP contribution in [0.5, 0.6) is 17.4 Å². The Morgan fingerprint density at radius 3 is 2.47 bits per heavy atom. The van der Waals surface area contributed by atoms with Gasteiger partial charge in [0, 0.05) is 12.6 Å². The molecule has 0 radical (unpaired) electrons. The summed E-state index contributed by atoms with van der Waals surface area (Å²) in [6, 6.07) is 13.3. The van der Waals surface area contributed by atoms with Crippen molar-refractivity contribution >= 4 is 27.6 Å². The van der Waals surface area contributed by atoms with Crippen LogP contribution in [0.3, 0.4) is 0 Å². The van der Waals surface area contributed by atoms with E-state index in [1.807, 2.05) is 17.7 Å². The Labute approximate surface area is 208 Å². The molecule has 1 saturated heterocycles. The minimum absolute atomic E-state index is 0.0270. The van der Waals surface area contributed by atoms with Gasteiger partial charge in [0.05, 0.1) is 14.2 Å². The zero-order valence-electron chi connectivity index (χ0n) is 19.9. The molecule has 2 heterocycles. The SMILES string of the molecule is COc1ccc(COc2cc(CNc3cc(C)cc(OC)n3)cc(F)c2N2CC(=O)NS2(=O)=O)cc1. The standard InChI is InChI=1S/C24H25FN4O6S/c1-15-8-21(27-23(9-15)34-3)26-12-17-10-19(25)24(29-13-22(30)28-36(29,31)32)20(11-17)35-14-16-4-6-18(33-2)7-5-16/h4-11H,12-14H2,1-3H3,(H,26,27)(H,28,30). The third kappa shape index (κ3) is 5.60. The number of ether oxygens (including phenoxy) is 3. The second-order valence-electron chi connectivity index (χ2n) is 8.02. The van der Waals surface area contributed by atoms with Gasteiger partial charge in [0.25, 0.3) is 5.91 Å². The van der Waals surface area contributed by atoms with Gasteiger partial charge in [-0.3, -0.25) is 4.79 Å². The molecule has 2 aromatic carbocycles. The summed E-state index contributed by atoms with van der Waals surface area (Å²) < 4.78 is 59.0. The van der Waals surface area contributed by atoms with Gasteiger partial charge >= 0.3 is 10.2 Å². The van der Waals surface area contributed by atoms with Crippen molar-refractivity contribution in [1.29, 1.82) is 0 Å². The van der Waals surface area contributed by atoms with E-state index in [0.717, 1.165) is 11.1 Å². The Kier molecular flexibility index (Phi) is 7.15. The van der Waals surface area contributed by atoms with Crippen molar-refractivity contribution in [2.24, 2.45) is 0 Å². The Morgan fingerprint density at radius 2 is 1.83 bits per heavy atom. The molecule has 0 atom stereocenters. The van der Waals surface area contributed by atoms with E-state index in [1.54, 1.807) is 37.4 Å². The summed E-state index contributed by atoms with van der Waals surface area (Å²) in [5, 5.41) is 3.10. The molecule has 0 bridgehead atoms. The Morgan fingerprint density at radius 1 is 1.08 bits per heavy atom. The molecule has 0 aliphatic carbocycles. The van der Waals surface area contributed by atoms with Crippen LogP contribution in [0, 0.1) is 12.7 Å². The minimum atomic E-state index is -4.25. The van der Waals surface area contributed by atoms with Gasteiger partial charge in [-0.15, -0.1) is 0 Å². The van der Waals surface area contributed by atoms with Crippen molar-refractivity contribution in [3.05, 3.63) is 71.0 Å². The number of carbonyl (C=O) groups excluding carboxylic acids is 1. The highest BCUT2D eigenvalue weighted by atomic mass is 32.2. The topological polar surface area (TPSA) is 119 Å². The van der Waals surface area contributed by atoms with Gasteiger partial charge < -0.3 is 19.5 Å². The fourth-order valence-electron chi connectivity index (χ4n) is 3.63. The molecule has 0 saturated carbocycles. The predicted molar refractivity (Wildman–Crippen MR) is 131 cm³/mol. The zero-order chi connectivity index (χ0) is 25.9. The van der Waals surface area contributed by atoms with Gasteiger partial charge in [-0.1, -0.05) is 12.1 Å². The lowest BCUT2D eigenvalue weighted by Crippen LogP contribution is -2.30. The molecular formula is C24H25FN4O6S. The number of nitrogens with zero attached hydrogens (tertiary/aromatic N) is 2. The van der Waals surface area contributed by atoms with E-state index < -0.39 is 28.5 Å². The van der Waals surface area contributed by atoms with Gasteiger partial charge in [0.15, 0.2) is 5.82 Å². The van der Waals surface area contributed by atoms with Crippen LogP contribution >= 0.6 is 0 Å². The first kappa shape index (κ1) is 25.0. The quantitative estimate of drug-likeness (QED) is 0.446.